The highest BCUT2D eigenvalue weighted by Gasteiger charge is 2.31. The minimum atomic E-state index is -0.266. The van der Waals surface area contributed by atoms with E-state index < -0.39 is 0 Å². The lowest BCUT2D eigenvalue weighted by atomic mass is 9.88. The van der Waals surface area contributed by atoms with E-state index in [-0.39, 0.29) is 17.9 Å². The van der Waals surface area contributed by atoms with E-state index in [4.69, 9.17) is 4.74 Å². The van der Waals surface area contributed by atoms with Crippen molar-refractivity contribution in [2.75, 3.05) is 25.0 Å². The smallest absolute Gasteiger partial charge is 0.228 e. The number of nitrogens with zero attached hydrogens (tertiary/aromatic N) is 5. The number of nitrogens with one attached hydrogen (secondary N) is 1. The molecule has 0 bridgehead atoms. The monoisotopic (exact) mass is 368 g/mol. The van der Waals surface area contributed by atoms with Gasteiger partial charge in [-0.25, -0.2) is 15.0 Å². The van der Waals surface area contributed by atoms with Crippen LogP contribution in [0.2, 0.25) is 0 Å². The molecule has 1 saturated carbocycles. The molecule has 4 rings (SSSR count). The Morgan fingerprint density at radius 1 is 1.15 bits per heavy atom. The zero-order chi connectivity index (χ0) is 18.5. The Kier molecular flexibility index (Phi) is 5.53. The van der Waals surface area contributed by atoms with Crippen LogP contribution in [0.3, 0.4) is 0 Å². The second kappa shape index (κ2) is 8.39. The average molecular weight is 368 g/mol. The van der Waals surface area contributed by atoms with Gasteiger partial charge in [0.05, 0.1) is 31.2 Å². The molecule has 27 heavy (non-hydrogen) atoms. The maximum absolute atomic E-state index is 12.8. The first kappa shape index (κ1) is 17.8. The molecule has 8 nitrogen and oxygen atoms in total. The minimum Gasteiger partial charge on any atom is -0.368 e. The molecular formula is C19H24N6O2. The quantitative estimate of drug-likeness (QED) is 0.886. The van der Waals surface area contributed by atoms with Gasteiger partial charge in [0.25, 0.3) is 0 Å². The van der Waals surface area contributed by atoms with Gasteiger partial charge < -0.3 is 15.0 Å². The minimum absolute atomic E-state index is 0.173. The Morgan fingerprint density at radius 3 is 2.78 bits per heavy atom. The Labute approximate surface area is 158 Å². The van der Waals surface area contributed by atoms with E-state index in [2.05, 4.69) is 25.3 Å². The van der Waals surface area contributed by atoms with Gasteiger partial charge in [0.15, 0.2) is 5.82 Å². The van der Waals surface area contributed by atoms with Crippen LogP contribution in [0.4, 0.5) is 11.8 Å². The van der Waals surface area contributed by atoms with Gasteiger partial charge in [-0.3, -0.25) is 9.78 Å². The summed E-state index contributed by atoms with van der Waals surface area (Å²) in [7, 11) is 0. The van der Waals surface area contributed by atoms with Gasteiger partial charge in [-0.2, -0.15) is 0 Å². The summed E-state index contributed by atoms with van der Waals surface area (Å²) in [5, 5.41) is 3.04. The molecule has 1 atom stereocenters. The fourth-order valence-corrected chi connectivity index (χ4v) is 3.71. The maximum atomic E-state index is 12.8. The van der Waals surface area contributed by atoms with Crippen LogP contribution in [0.25, 0.3) is 0 Å². The van der Waals surface area contributed by atoms with Crippen LogP contribution >= 0.6 is 0 Å². The molecule has 8 heteroatoms. The van der Waals surface area contributed by atoms with Gasteiger partial charge in [-0.05, 0) is 18.9 Å². The number of amides is 1. The molecule has 3 heterocycles. The molecule has 2 fully saturated rings. The maximum Gasteiger partial charge on any atom is 0.228 e. The van der Waals surface area contributed by atoms with Crippen molar-refractivity contribution in [2.24, 2.45) is 5.92 Å². The molecule has 2 aromatic rings. The first-order valence-electron chi connectivity index (χ1n) is 9.56. The lowest BCUT2D eigenvalue weighted by Gasteiger charge is -2.35. The van der Waals surface area contributed by atoms with Crippen molar-refractivity contribution in [3.63, 3.8) is 0 Å². The van der Waals surface area contributed by atoms with Crippen molar-refractivity contribution in [1.29, 1.82) is 0 Å². The fourth-order valence-electron chi connectivity index (χ4n) is 3.71. The van der Waals surface area contributed by atoms with Crippen LogP contribution in [0.5, 0.6) is 0 Å². The number of aromatic nitrogens is 4. The molecule has 2 aromatic heterocycles. The molecule has 0 spiro atoms. The number of hydrogen-bond acceptors (Lipinski definition) is 7. The fraction of sp³-hybridized carbons (Fsp3) is 0.526. The van der Waals surface area contributed by atoms with Crippen LogP contribution in [-0.2, 0) is 9.53 Å². The molecule has 1 aliphatic heterocycles. The number of carbonyl (C=O) groups is 1. The van der Waals surface area contributed by atoms with Gasteiger partial charge in [0.1, 0.15) is 6.10 Å². The Morgan fingerprint density at radius 2 is 1.96 bits per heavy atom. The number of anilines is 2. The molecule has 0 aromatic carbocycles. The summed E-state index contributed by atoms with van der Waals surface area (Å²) in [6, 6.07) is 1.75. The lowest BCUT2D eigenvalue weighted by molar-refractivity contribution is -0.144. The van der Waals surface area contributed by atoms with Crippen molar-refractivity contribution < 1.29 is 9.53 Å². The number of hydrogen-bond donors (Lipinski definition) is 1. The second-order valence-corrected chi connectivity index (χ2v) is 7.01. The molecule has 0 unspecified atom stereocenters. The normalized spacial score (nSPS) is 21.0. The highest BCUT2D eigenvalue weighted by Crippen LogP contribution is 2.28. The number of carbonyl (C=O) groups excluding carboxylic acids is 1. The van der Waals surface area contributed by atoms with Crippen LogP contribution in [0, 0.1) is 5.92 Å². The zero-order valence-electron chi connectivity index (χ0n) is 15.3. The molecule has 1 amide bonds. The molecule has 2 aliphatic rings. The predicted octanol–water partition coefficient (Wildman–Crippen LogP) is 2.49. The van der Waals surface area contributed by atoms with Gasteiger partial charge in [0.2, 0.25) is 11.9 Å². The summed E-state index contributed by atoms with van der Waals surface area (Å²) in [5.41, 5.74) is 0.706. The van der Waals surface area contributed by atoms with Crippen LogP contribution in [0.1, 0.15) is 43.9 Å². The van der Waals surface area contributed by atoms with E-state index in [1.54, 1.807) is 30.9 Å². The Bertz CT molecular complexity index is 766. The van der Waals surface area contributed by atoms with E-state index in [1.807, 2.05) is 4.90 Å². The first-order valence-corrected chi connectivity index (χ1v) is 9.56. The van der Waals surface area contributed by atoms with Gasteiger partial charge in [0, 0.05) is 24.9 Å². The van der Waals surface area contributed by atoms with Crippen molar-refractivity contribution in [3.8, 4) is 0 Å². The standard InChI is InChI=1S/C19H24N6O2/c26-18(14-5-2-1-3-6-14)25-9-10-27-16(13-25)15-11-20-12-17(23-15)24-19-21-7-4-8-22-19/h4,7-8,11-12,14,16H,1-3,5-6,9-10,13H2,(H,21,22,23,24)/t16-/m0/s1. The number of ether oxygens (including phenoxy) is 1. The molecule has 0 radical (unpaired) electrons. The topological polar surface area (TPSA) is 93.1 Å². The predicted molar refractivity (Wildman–Crippen MR) is 99.2 cm³/mol. The average Bonchev–Trinajstić information content (AvgIpc) is 2.75. The van der Waals surface area contributed by atoms with Crippen molar-refractivity contribution in [3.05, 3.63) is 36.5 Å². The zero-order valence-corrected chi connectivity index (χ0v) is 15.3. The van der Waals surface area contributed by atoms with Crippen LogP contribution in [0.15, 0.2) is 30.9 Å². The SMILES string of the molecule is O=C(C1CCCCC1)N1CCO[C@H](c2cncc(Nc3ncccn3)n2)C1. The molecular weight excluding hydrogens is 344 g/mol. The van der Waals surface area contributed by atoms with E-state index in [9.17, 15) is 4.79 Å². The molecule has 1 aliphatic carbocycles. The van der Waals surface area contributed by atoms with Gasteiger partial charge in [-0.15, -0.1) is 0 Å². The van der Waals surface area contributed by atoms with Crippen molar-refractivity contribution >= 4 is 17.7 Å². The largest absolute Gasteiger partial charge is 0.368 e. The van der Waals surface area contributed by atoms with Gasteiger partial charge in [-0.1, -0.05) is 19.3 Å². The van der Waals surface area contributed by atoms with E-state index in [0.717, 1.165) is 25.7 Å². The van der Waals surface area contributed by atoms with E-state index >= 15 is 0 Å². The Balaban J connectivity index is 1.43. The highest BCUT2D eigenvalue weighted by molar-refractivity contribution is 5.79. The summed E-state index contributed by atoms with van der Waals surface area (Å²) < 4.78 is 5.88. The summed E-state index contributed by atoms with van der Waals surface area (Å²) in [6.45, 7) is 1.69. The van der Waals surface area contributed by atoms with Crippen molar-refractivity contribution in [1.82, 2.24) is 24.8 Å². The van der Waals surface area contributed by atoms with Crippen LogP contribution in [-0.4, -0.2) is 50.4 Å². The summed E-state index contributed by atoms with van der Waals surface area (Å²) in [6.07, 6.45) is 11.9. The molecule has 142 valence electrons. The third kappa shape index (κ3) is 4.39. The molecule has 1 saturated heterocycles. The third-order valence-electron chi connectivity index (χ3n) is 5.12. The third-order valence-corrected chi connectivity index (χ3v) is 5.12. The summed E-state index contributed by atoms with van der Waals surface area (Å²) >= 11 is 0. The summed E-state index contributed by atoms with van der Waals surface area (Å²) in [5.74, 6) is 1.45. The second-order valence-electron chi connectivity index (χ2n) is 7.01. The highest BCUT2D eigenvalue weighted by atomic mass is 16.5. The van der Waals surface area contributed by atoms with Gasteiger partial charge >= 0.3 is 0 Å². The molecule has 1 N–H and O–H groups in total. The first-order chi connectivity index (χ1) is 13.3. The van der Waals surface area contributed by atoms with E-state index in [0.29, 0.717) is 37.2 Å². The number of morpholine rings is 1. The van der Waals surface area contributed by atoms with E-state index in [1.165, 1.54) is 6.42 Å². The Hall–Kier alpha value is -2.61. The lowest BCUT2D eigenvalue weighted by Crippen LogP contribution is -2.45. The number of rotatable bonds is 4. The van der Waals surface area contributed by atoms with Crippen molar-refractivity contribution in [2.45, 2.75) is 38.2 Å². The van der Waals surface area contributed by atoms with Crippen LogP contribution < -0.4 is 5.32 Å². The summed E-state index contributed by atoms with van der Waals surface area (Å²) in [4.78, 5) is 31.9.